The fourth-order valence-electron chi connectivity index (χ4n) is 4.52. The predicted molar refractivity (Wildman–Crippen MR) is 137 cm³/mol. The van der Waals surface area contributed by atoms with Gasteiger partial charge in [0.05, 0.1) is 7.11 Å². The fourth-order valence-corrected chi connectivity index (χ4v) is 4.52. The molecule has 0 aliphatic carbocycles. The number of aromatic hydroxyl groups is 2. The third-order valence-corrected chi connectivity index (χ3v) is 6.25. The normalized spacial score (nSPS) is 12.3. The van der Waals surface area contributed by atoms with Crippen LogP contribution in [0, 0.1) is 13.8 Å². The minimum atomic E-state index is -0.335. The second-order valence-electron chi connectivity index (χ2n) is 11.2. The maximum absolute atomic E-state index is 11.5. The largest absolute Gasteiger partial charge is 0.507 e. The summed E-state index contributed by atoms with van der Waals surface area (Å²) >= 11 is 0. The minimum absolute atomic E-state index is 0.222. The number of methoxy groups -OCH3 is 1. The van der Waals surface area contributed by atoms with Crippen molar-refractivity contribution in [3.05, 3.63) is 87.5 Å². The molecule has 0 saturated heterocycles. The smallest absolute Gasteiger partial charge is 0.123 e. The van der Waals surface area contributed by atoms with Gasteiger partial charge in [-0.15, -0.1) is 0 Å². The lowest BCUT2D eigenvalue weighted by Crippen LogP contribution is -2.16. The summed E-state index contributed by atoms with van der Waals surface area (Å²) in [5.74, 6) is 1.00. The molecule has 3 aromatic rings. The highest BCUT2D eigenvalue weighted by Crippen LogP contribution is 2.47. The van der Waals surface area contributed by atoms with E-state index in [1.54, 1.807) is 7.11 Å². The number of aryl methyl sites for hydroxylation is 2. The summed E-state index contributed by atoms with van der Waals surface area (Å²) in [4.78, 5) is 0. The lowest BCUT2D eigenvalue weighted by Gasteiger charge is -2.29. The maximum atomic E-state index is 11.5. The molecule has 3 aromatic carbocycles. The molecule has 0 aliphatic rings. The lowest BCUT2D eigenvalue weighted by atomic mass is 9.76. The zero-order valence-corrected chi connectivity index (χ0v) is 21.5. The van der Waals surface area contributed by atoms with Crippen LogP contribution in [0.3, 0.4) is 0 Å². The Bertz CT molecular complexity index is 1070. The molecule has 3 rings (SSSR count). The zero-order chi connectivity index (χ0) is 24.7. The highest BCUT2D eigenvalue weighted by molar-refractivity contribution is 5.60. The minimum Gasteiger partial charge on any atom is -0.507 e. The van der Waals surface area contributed by atoms with Gasteiger partial charge in [-0.1, -0.05) is 89.1 Å². The Hall–Kier alpha value is -2.94. The van der Waals surface area contributed by atoms with Gasteiger partial charge in [-0.25, -0.2) is 0 Å². The first-order valence-corrected chi connectivity index (χ1v) is 11.6. The molecule has 0 saturated carbocycles. The van der Waals surface area contributed by atoms with Gasteiger partial charge in [0.15, 0.2) is 0 Å². The quantitative estimate of drug-likeness (QED) is 0.408. The molecular formula is C30H38O3. The second-order valence-corrected chi connectivity index (χ2v) is 11.2. The van der Waals surface area contributed by atoms with Gasteiger partial charge in [0, 0.05) is 17.0 Å². The van der Waals surface area contributed by atoms with Gasteiger partial charge in [-0.3, -0.25) is 0 Å². The van der Waals surface area contributed by atoms with Crippen LogP contribution in [-0.4, -0.2) is 17.3 Å². The third-order valence-electron chi connectivity index (χ3n) is 6.25. The van der Waals surface area contributed by atoms with Crippen LogP contribution in [-0.2, 0) is 10.8 Å². The summed E-state index contributed by atoms with van der Waals surface area (Å²) in [5.41, 5.74) is 6.09. The number of phenolic OH excluding ortho intramolecular Hbond substituents is 2. The number of ether oxygens (including phenoxy) is 1. The molecule has 3 heteroatoms. The van der Waals surface area contributed by atoms with Gasteiger partial charge in [0.25, 0.3) is 0 Å². The van der Waals surface area contributed by atoms with Gasteiger partial charge in [-0.05, 0) is 53.5 Å². The Balaban J connectivity index is 2.40. The summed E-state index contributed by atoms with van der Waals surface area (Å²) in [7, 11) is 1.65. The number of phenols is 2. The highest BCUT2D eigenvalue weighted by atomic mass is 16.5. The van der Waals surface area contributed by atoms with E-state index in [0.717, 1.165) is 44.7 Å². The Morgan fingerprint density at radius 1 is 0.667 bits per heavy atom. The highest BCUT2D eigenvalue weighted by Gasteiger charge is 2.30. The molecule has 0 bridgehead atoms. The van der Waals surface area contributed by atoms with Crippen LogP contribution in [0.2, 0.25) is 0 Å². The summed E-state index contributed by atoms with van der Waals surface area (Å²) in [6, 6.07) is 16.1. The van der Waals surface area contributed by atoms with Crippen LogP contribution in [0.4, 0.5) is 0 Å². The molecule has 0 atom stereocenters. The second kappa shape index (κ2) is 8.78. The number of hydrogen-bond donors (Lipinski definition) is 2. The maximum Gasteiger partial charge on any atom is 0.123 e. The van der Waals surface area contributed by atoms with Crippen molar-refractivity contribution in [2.75, 3.05) is 7.11 Å². The molecular weight excluding hydrogens is 408 g/mol. The van der Waals surface area contributed by atoms with Gasteiger partial charge in [0.1, 0.15) is 17.2 Å². The molecule has 0 spiro atoms. The van der Waals surface area contributed by atoms with Crippen molar-refractivity contribution in [3.8, 4) is 17.2 Å². The van der Waals surface area contributed by atoms with E-state index in [4.69, 9.17) is 4.74 Å². The van der Waals surface area contributed by atoms with Crippen LogP contribution in [0.15, 0.2) is 48.5 Å². The molecule has 33 heavy (non-hydrogen) atoms. The van der Waals surface area contributed by atoms with E-state index in [1.165, 1.54) is 0 Å². The van der Waals surface area contributed by atoms with E-state index >= 15 is 0 Å². The molecule has 0 aliphatic heterocycles. The van der Waals surface area contributed by atoms with E-state index in [0.29, 0.717) is 0 Å². The Morgan fingerprint density at radius 3 is 1.39 bits per heavy atom. The van der Waals surface area contributed by atoms with Gasteiger partial charge >= 0.3 is 0 Å². The molecule has 176 valence electrons. The van der Waals surface area contributed by atoms with E-state index in [1.807, 2.05) is 36.4 Å². The molecule has 0 heterocycles. The van der Waals surface area contributed by atoms with Crippen molar-refractivity contribution in [2.24, 2.45) is 0 Å². The first-order chi connectivity index (χ1) is 15.2. The van der Waals surface area contributed by atoms with E-state index in [-0.39, 0.29) is 28.2 Å². The summed E-state index contributed by atoms with van der Waals surface area (Å²) in [5, 5.41) is 23.1. The van der Waals surface area contributed by atoms with Crippen molar-refractivity contribution in [1.29, 1.82) is 0 Å². The van der Waals surface area contributed by atoms with Crippen LogP contribution in [0.1, 0.15) is 86.4 Å². The molecule has 0 amide bonds. The number of benzene rings is 3. The lowest BCUT2D eigenvalue weighted by molar-refractivity contribution is 0.414. The molecule has 2 N–H and O–H groups in total. The molecule has 0 unspecified atom stereocenters. The molecule has 0 aromatic heterocycles. The zero-order valence-electron chi connectivity index (χ0n) is 21.5. The van der Waals surface area contributed by atoms with Crippen molar-refractivity contribution in [3.63, 3.8) is 0 Å². The van der Waals surface area contributed by atoms with Crippen LogP contribution < -0.4 is 4.74 Å². The standard InChI is InChI=1S/C30H38O3/c1-18-14-22(27(31)24(16-18)29(3,4)5)26(20-10-12-21(33-9)13-11-20)23-15-19(2)17-25(28(23)32)30(6,7)8/h10-17,26,31-32H,1-9H3. The summed E-state index contributed by atoms with van der Waals surface area (Å²) < 4.78 is 5.37. The van der Waals surface area contributed by atoms with Gasteiger partial charge in [-0.2, -0.15) is 0 Å². The van der Waals surface area contributed by atoms with Crippen molar-refractivity contribution >= 4 is 0 Å². The molecule has 3 nitrogen and oxygen atoms in total. The van der Waals surface area contributed by atoms with Crippen molar-refractivity contribution in [1.82, 2.24) is 0 Å². The predicted octanol–water partition coefficient (Wildman–Crippen LogP) is 7.50. The first kappa shape index (κ1) is 24.7. The topological polar surface area (TPSA) is 49.7 Å². The van der Waals surface area contributed by atoms with Crippen LogP contribution >= 0.6 is 0 Å². The van der Waals surface area contributed by atoms with Crippen molar-refractivity contribution in [2.45, 2.75) is 72.1 Å². The average molecular weight is 447 g/mol. The number of hydrogen-bond acceptors (Lipinski definition) is 3. The van der Waals surface area contributed by atoms with E-state index in [2.05, 4.69) is 67.5 Å². The van der Waals surface area contributed by atoms with Gasteiger partial charge in [0.2, 0.25) is 0 Å². The van der Waals surface area contributed by atoms with Gasteiger partial charge < -0.3 is 14.9 Å². The SMILES string of the molecule is COc1ccc(C(c2cc(C)cc(C(C)(C)C)c2O)c2cc(C)cc(C(C)(C)C)c2O)cc1. The average Bonchev–Trinajstić information content (AvgIpc) is 2.71. The van der Waals surface area contributed by atoms with E-state index < -0.39 is 0 Å². The Labute approximate surface area is 199 Å². The van der Waals surface area contributed by atoms with Crippen molar-refractivity contribution < 1.29 is 14.9 Å². The van der Waals surface area contributed by atoms with Crippen LogP contribution in [0.5, 0.6) is 17.2 Å². The van der Waals surface area contributed by atoms with Crippen LogP contribution in [0.25, 0.3) is 0 Å². The summed E-state index contributed by atoms with van der Waals surface area (Å²) in [6.45, 7) is 16.8. The van der Waals surface area contributed by atoms with E-state index in [9.17, 15) is 10.2 Å². The molecule has 0 radical (unpaired) electrons. The Kier molecular flexibility index (Phi) is 6.57. The third kappa shape index (κ3) is 5.03. The first-order valence-electron chi connectivity index (χ1n) is 11.6. The molecule has 0 fully saturated rings. The number of rotatable bonds is 4. The summed E-state index contributed by atoms with van der Waals surface area (Å²) in [6.07, 6.45) is 0. The fraction of sp³-hybridized carbons (Fsp3) is 0.400. The Morgan fingerprint density at radius 2 is 1.06 bits per heavy atom. The monoisotopic (exact) mass is 446 g/mol.